The van der Waals surface area contributed by atoms with Gasteiger partial charge in [-0.05, 0) is 23.8 Å². The topological polar surface area (TPSA) is 50.2 Å². The van der Waals surface area contributed by atoms with Gasteiger partial charge >= 0.3 is 12.1 Å². The number of nitrogens with zero attached hydrogens (tertiary/aromatic N) is 1. The summed E-state index contributed by atoms with van der Waals surface area (Å²) < 4.78 is 52.6. The van der Waals surface area contributed by atoms with Gasteiger partial charge in [0.25, 0.3) is 0 Å². The van der Waals surface area contributed by atoms with Crippen LogP contribution in [-0.4, -0.2) is 16.1 Å². The zero-order chi connectivity index (χ0) is 15.6. The van der Waals surface area contributed by atoms with Crippen LogP contribution >= 0.6 is 0 Å². The Morgan fingerprint density at radius 3 is 2.33 bits per heavy atom. The summed E-state index contributed by atoms with van der Waals surface area (Å²) in [5.74, 6) is -2.34. The summed E-state index contributed by atoms with van der Waals surface area (Å²) in [6.45, 7) is 0. The van der Waals surface area contributed by atoms with Crippen molar-refractivity contribution in [2.24, 2.45) is 0 Å². The van der Waals surface area contributed by atoms with E-state index in [4.69, 9.17) is 5.11 Å². The summed E-state index contributed by atoms with van der Waals surface area (Å²) in [4.78, 5) is 13.9. The Bertz CT molecular complexity index is 683. The molecule has 21 heavy (non-hydrogen) atoms. The van der Waals surface area contributed by atoms with Gasteiger partial charge < -0.3 is 5.11 Å². The highest BCUT2D eigenvalue weighted by molar-refractivity contribution is 5.71. The number of carbonyl (C=O) groups is 1. The summed E-state index contributed by atoms with van der Waals surface area (Å²) in [7, 11) is 0. The van der Waals surface area contributed by atoms with Crippen LogP contribution in [0, 0.1) is 5.95 Å². The molecule has 0 saturated carbocycles. The number of aromatic nitrogens is 1. The fourth-order valence-electron chi connectivity index (χ4n) is 1.89. The molecule has 0 spiro atoms. The third kappa shape index (κ3) is 3.36. The van der Waals surface area contributed by atoms with Gasteiger partial charge in [-0.3, -0.25) is 4.79 Å². The zero-order valence-corrected chi connectivity index (χ0v) is 10.5. The van der Waals surface area contributed by atoms with Gasteiger partial charge in [0.1, 0.15) is 0 Å². The Morgan fingerprint density at radius 2 is 1.76 bits per heavy atom. The van der Waals surface area contributed by atoms with E-state index in [0.29, 0.717) is 0 Å². The molecule has 0 amide bonds. The SMILES string of the molecule is O=C(O)Cc1ccc(-c2ccccc2C(F)(F)F)c(F)n1. The first-order chi connectivity index (χ1) is 9.79. The van der Waals surface area contributed by atoms with Gasteiger partial charge in [0.05, 0.1) is 17.7 Å². The van der Waals surface area contributed by atoms with Crippen LogP contribution < -0.4 is 0 Å². The molecule has 1 heterocycles. The smallest absolute Gasteiger partial charge is 0.417 e. The van der Waals surface area contributed by atoms with E-state index < -0.39 is 30.1 Å². The fourth-order valence-corrected chi connectivity index (χ4v) is 1.89. The number of pyridine rings is 1. The van der Waals surface area contributed by atoms with Crippen LogP contribution in [0.1, 0.15) is 11.3 Å². The summed E-state index contributed by atoms with van der Waals surface area (Å²) in [6, 6.07) is 6.84. The van der Waals surface area contributed by atoms with Crippen LogP contribution in [0.5, 0.6) is 0 Å². The van der Waals surface area contributed by atoms with Gasteiger partial charge in [-0.1, -0.05) is 18.2 Å². The van der Waals surface area contributed by atoms with Crippen LogP contribution in [0.3, 0.4) is 0 Å². The number of alkyl halides is 3. The highest BCUT2D eigenvalue weighted by Crippen LogP contribution is 2.37. The number of aliphatic carboxylic acids is 1. The monoisotopic (exact) mass is 299 g/mol. The van der Waals surface area contributed by atoms with E-state index in [-0.39, 0.29) is 16.8 Å². The molecule has 1 aromatic carbocycles. The number of hydrogen-bond donors (Lipinski definition) is 1. The van der Waals surface area contributed by atoms with Gasteiger partial charge in [-0.25, -0.2) is 4.98 Å². The minimum atomic E-state index is -4.62. The van der Waals surface area contributed by atoms with Crippen LogP contribution in [0.25, 0.3) is 11.1 Å². The second-order valence-electron chi connectivity index (χ2n) is 4.25. The summed E-state index contributed by atoms with van der Waals surface area (Å²) >= 11 is 0. The number of carboxylic acids is 1. The van der Waals surface area contributed by atoms with Crippen LogP contribution in [0.2, 0.25) is 0 Å². The lowest BCUT2D eigenvalue weighted by Gasteiger charge is -2.13. The average molecular weight is 299 g/mol. The third-order valence-electron chi connectivity index (χ3n) is 2.76. The number of carboxylic acid groups (broad SMARTS) is 1. The molecule has 0 radical (unpaired) electrons. The lowest BCUT2D eigenvalue weighted by molar-refractivity contribution is -0.137. The first-order valence-corrected chi connectivity index (χ1v) is 5.83. The van der Waals surface area contributed by atoms with E-state index in [0.717, 1.165) is 18.2 Å². The zero-order valence-electron chi connectivity index (χ0n) is 10.5. The quantitative estimate of drug-likeness (QED) is 0.696. The van der Waals surface area contributed by atoms with E-state index in [1.807, 2.05) is 0 Å². The van der Waals surface area contributed by atoms with Crippen molar-refractivity contribution in [1.82, 2.24) is 4.98 Å². The molecule has 0 fully saturated rings. The fraction of sp³-hybridized carbons (Fsp3) is 0.143. The van der Waals surface area contributed by atoms with Crippen LogP contribution in [0.4, 0.5) is 17.6 Å². The molecular weight excluding hydrogens is 290 g/mol. The molecule has 0 saturated heterocycles. The van der Waals surface area contributed by atoms with Gasteiger partial charge in [-0.15, -0.1) is 0 Å². The molecule has 0 atom stereocenters. The minimum Gasteiger partial charge on any atom is -0.481 e. The molecule has 110 valence electrons. The predicted octanol–water partition coefficient (Wildman–Crippen LogP) is 3.53. The molecule has 0 aliphatic carbocycles. The predicted molar refractivity (Wildman–Crippen MR) is 66.0 cm³/mol. The first kappa shape index (κ1) is 15.0. The molecule has 2 aromatic rings. The molecule has 2 rings (SSSR count). The van der Waals surface area contributed by atoms with Crippen molar-refractivity contribution in [2.75, 3.05) is 0 Å². The first-order valence-electron chi connectivity index (χ1n) is 5.83. The van der Waals surface area contributed by atoms with Gasteiger partial charge in [0.2, 0.25) is 5.95 Å². The average Bonchev–Trinajstić information content (AvgIpc) is 2.37. The third-order valence-corrected chi connectivity index (χ3v) is 2.76. The van der Waals surface area contributed by atoms with Crippen molar-refractivity contribution in [3.63, 3.8) is 0 Å². The van der Waals surface area contributed by atoms with Crippen molar-refractivity contribution < 1.29 is 27.5 Å². The number of hydrogen-bond acceptors (Lipinski definition) is 2. The Balaban J connectivity index is 2.51. The minimum absolute atomic E-state index is 0.0618. The Morgan fingerprint density at radius 1 is 1.10 bits per heavy atom. The molecule has 0 aliphatic heterocycles. The van der Waals surface area contributed by atoms with E-state index in [9.17, 15) is 22.4 Å². The van der Waals surface area contributed by atoms with E-state index in [1.54, 1.807) is 0 Å². The van der Waals surface area contributed by atoms with Crippen molar-refractivity contribution in [2.45, 2.75) is 12.6 Å². The summed E-state index contributed by atoms with van der Waals surface area (Å²) in [5, 5.41) is 8.58. The Kier molecular flexibility index (Phi) is 3.93. The molecule has 3 nitrogen and oxygen atoms in total. The molecule has 0 bridgehead atoms. The Hall–Kier alpha value is -2.44. The van der Waals surface area contributed by atoms with Crippen LogP contribution in [-0.2, 0) is 17.4 Å². The van der Waals surface area contributed by atoms with E-state index in [2.05, 4.69) is 4.98 Å². The van der Waals surface area contributed by atoms with Gasteiger partial charge in [-0.2, -0.15) is 17.6 Å². The summed E-state index contributed by atoms with van der Waals surface area (Å²) in [6.07, 6.45) is -5.12. The van der Waals surface area contributed by atoms with E-state index in [1.165, 1.54) is 18.2 Å². The largest absolute Gasteiger partial charge is 0.481 e. The van der Waals surface area contributed by atoms with Crippen LogP contribution in [0.15, 0.2) is 36.4 Å². The maximum absolute atomic E-state index is 13.9. The highest BCUT2D eigenvalue weighted by Gasteiger charge is 2.34. The van der Waals surface area contributed by atoms with Crippen molar-refractivity contribution in [1.29, 1.82) is 0 Å². The standard InChI is InChI=1S/C14H9F4NO2/c15-13-10(6-5-8(19-13)7-12(20)21)9-3-1-2-4-11(9)14(16,17)18/h1-6H,7H2,(H,20,21). The summed E-state index contributed by atoms with van der Waals surface area (Å²) in [5.41, 5.74) is -1.70. The molecule has 0 aliphatic rings. The number of rotatable bonds is 3. The normalized spacial score (nSPS) is 11.4. The lowest BCUT2D eigenvalue weighted by atomic mass is 10.00. The molecule has 0 unspecified atom stereocenters. The lowest BCUT2D eigenvalue weighted by Crippen LogP contribution is -2.08. The number of halogens is 4. The maximum Gasteiger partial charge on any atom is 0.417 e. The molecule has 7 heteroatoms. The number of benzene rings is 1. The van der Waals surface area contributed by atoms with E-state index >= 15 is 0 Å². The van der Waals surface area contributed by atoms with Gasteiger partial charge in [0.15, 0.2) is 0 Å². The molecule has 1 N–H and O–H groups in total. The van der Waals surface area contributed by atoms with Gasteiger partial charge in [0, 0.05) is 5.56 Å². The van der Waals surface area contributed by atoms with Crippen molar-refractivity contribution >= 4 is 5.97 Å². The van der Waals surface area contributed by atoms with Crippen molar-refractivity contribution in [3.05, 3.63) is 53.6 Å². The Labute approximate surface area is 116 Å². The molecular formula is C14H9F4NO2. The van der Waals surface area contributed by atoms with Crippen molar-refractivity contribution in [3.8, 4) is 11.1 Å². The highest BCUT2D eigenvalue weighted by atomic mass is 19.4. The maximum atomic E-state index is 13.9. The second-order valence-corrected chi connectivity index (χ2v) is 4.25. The second kappa shape index (κ2) is 5.51. The molecule has 1 aromatic heterocycles.